The van der Waals surface area contributed by atoms with Gasteiger partial charge in [0.1, 0.15) is 5.78 Å². The van der Waals surface area contributed by atoms with Crippen molar-refractivity contribution in [2.24, 2.45) is 0 Å². The fourth-order valence-corrected chi connectivity index (χ4v) is 0.305. The van der Waals surface area contributed by atoms with Crippen LogP contribution in [0.15, 0.2) is 0 Å². The number of hydrogen-bond donors (Lipinski definition) is 0. The van der Waals surface area contributed by atoms with Crippen LogP contribution in [0.2, 0.25) is 0 Å². The van der Waals surface area contributed by atoms with Crippen LogP contribution in [0.4, 0.5) is 0 Å². The number of carbonyl (C=O) groups is 1. The summed E-state index contributed by atoms with van der Waals surface area (Å²) in [5.74, 6) is 0.0741. The molecule has 0 aliphatic carbocycles. The maximum Gasteiger partial charge on any atom is 0.135 e. The molecule has 2 heteroatoms. The predicted molar refractivity (Wildman–Crippen MR) is 27.9 cm³/mol. The molecular weight excluding hydrogens is 96.1 g/mol. The topological polar surface area (TPSA) is 17.1 Å². The molecule has 0 aromatic rings. The van der Waals surface area contributed by atoms with Gasteiger partial charge in [-0.3, -0.25) is 4.79 Å². The van der Waals surface area contributed by atoms with Gasteiger partial charge in [-0.15, -0.1) is 0 Å². The van der Waals surface area contributed by atoms with Gasteiger partial charge in [0.25, 0.3) is 0 Å². The number of rotatable bonds is 2. The first-order valence-corrected chi connectivity index (χ1v) is 2.02. The molecule has 0 bridgehead atoms. The van der Waals surface area contributed by atoms with Crippen molar-refractivity contribution in [1.29, 1.82) is 0 Å². The molecule has 1 nitrogen and oxygen atoms in total. The van der Waals surface area contributed by atoms with E-state index in [-0.39, 0.29) is 5.78 Å². The minimum absolute atomic E-state index is 0.0741. The largest absolute Gasteiger partial charge is 0.300 e. The summed E-state index contributed by atoms with van der Waals surface area (Å²) in [4.78, 5) is 9.91. The van der Waals surface area contributed by atoms with E-state index in [1.54, 1.807) is 0 Å². The highest BCUT2D eigenvalue weighted by Gasteiger charge is 1.82. The molecule has 0 saturated carbocycles. The SMILES string of the molecule is CC(=O)C[C]=S. The molecular formula is C4H5OS. The van der Waals surface area contributed by atoms with Gasteiger partial charge < -0.3 is 0 Å². The lowest BCUT2D eigenvalue weighted by molar-refractivity contribution is -0.115. The first-order valence-electron chi connectivity index (χ1n) is 1.62. The molecule has 33 valence electrons. The van der Waals surface area contributed by atoms with Crippen LogP contribution in [0.1, 0.15) is 13.3 Å². The molecule has 0 atom stereocenters. The van der Waals surface area contributed by atoms with E-state index < -0.39 is 0 Å². The van der Waals surface area contributed by atoms with Crippen LogP contribution in [-0.2, 0) is 4.79 Å². The van der Waals surface area contributed by atoms with Gasteiger partial charge in [-0.25, -0.2) is 0 Å². The number of carbonyl (C=O) groups excluding carboxylic acids is 1. The zero-order valence-corrected chi connectivity index (χ0v) is 4.34. The van der Waals surface area contributed by atoms with Crippen molar-refractivity contribution in [2.75, 3.05) is 0 Å². The first-order chi connectivity index (χ1) is 2.77. The second-order valence-electron chi connectivity index (χ2n) is 1.02. The van der Waals surface area contributed by atoms with Crippen molar-refractivity contribution in [3.8, 4) is 0 Å². The van der Waals surface area contributed by atoms with E-state index in [0.717, 1.165) is 0 Å². The minimum Gasteiger partial charge on any atom is -0.300 e. The molecule has 0 amide bonds. The lowest BCUT2D eigenvalue weighted by atomic mass is 10.4. The fraction of sp³-hybridized carbons (Fsp3) is 0.500. The van der Waals surface area contributed by atoms with Gasteiger partial charge in [0.2, 0.25) is 0 Å². The van der Waals surface area contributed by atoms with Crippen molar-refractivity contribution in [3.05, 3.63) is 0 Å². The van der Waals surface area contributed by atoms with Crippen LogP contribution in [0.25, 0.3) is 0 Å². The number of ketones is 1. The zero-order valence-electron chi connectivity index (χ0n) is 3.52. The minimum atomic E-state index is 0.0741. The van der Waals surface area contributed by atoms with Crippen molar-refractivity contribution in [3.63, 3.8) is 0 Å². The normalized spacial score (nSPS) is 7.50. The molecule has 1 radical (unpaired) electrons. The van der Waals surface area contributed by atoms with Crippen molar-refractivity contribution in [1.82, 2.24) is 0 Å². The number of thiocarbonyl (C=S) groups is 1. The average Bonchev–Trinajstić information content (AvgIpc) is 1.35. The first kappa shape index (κ1) is 5.76. The molecule has 0 heterocycles. The number of Topliss-reactive ketones (excluding diaryl/α,β-unsaturated/α-hetero) is 1. The Morgan fingerprint density at radius 1 is 2.00 bits per heavy atom. The molecule has 0 unspecified atom stereocenters. The average molecular weight is 101 g/mol. The lowest BCUT2D eigenvalue weighted by Gasteiger charge is -1.72. The summed E-state index contributed by atoms with van der Waals surface area (Å²) in [5.41, 5.74) is 0. The standard InChI is InChI=1S/C4H5OS/c1-4(5)2-3-6/h2H2,1H3. The third-order valence-corrected chi connectivity index (χ3v) is 0.465. The maximum absolute atomic E-state index is 9.91. The monoisotopic (exact) mass is 101 g/mol. The molecule has 0 spiro atoms. The Labute approximate surface area is 42.4 Å². The highest BCUT2D eigenvalue weighted by atomic mass is 32.1. The molecule has 0 aromatic heterocycles. The van der Waals surface area contributed by atoms with Crippen LogP contribution < -0.4 is 0 Å². The van der Waals surface area contributed by atoms with Gasteiger partial charge in [-0.2, -0.15) is 0 Å². The Morgan fingerprint density at radius 2 is 2.50 bits per heavy atom. The summed E-state index contributed by atoms with van der Waals surface area (Å²) in [7, 11) is 0. The molecule has 0 N–H and O–H groups in total. The van der Waals surface area contributed by atoms with Gasteiger partial charge in [0.05, 0.1) is 0 Å². The molecule has 0 rings (SSSR count). The van der Waals surface area contributed by atoms with E-state index in [1.807, 2.05) is 0 Å². The maximum atomic E-state index is 9.91. The molecule has 0 saturated heterocycles. The van der Waals surface area contributed by atoms with Gasteiger partial charge in [0.15, 0.2) is 0 Å². The lowest BCUT2D eigenvalue weighted by Crippen LogP contribution is -1.86. The third-order valence-electron chi connectivity index (χ3n) is 0.321. The Bertz CT molecular complexity index is 67.9. The van der Waals surface area contributed by atoms with E-state index in [9.17, 15) is 4.79 Å². The van der Waals surface area contributed by atoms with Gasteiger partial charge >= 0.3 is 0 Å². The van der Waals surface area contributed by atoms with Gasteiger partial charge in [-0.05, 0) is 6.92 Å². The second-order valence-corrected chi connectivity index (χ2v) is 1.31. The van der Waals surface area contributed by atoms with Crippen molar-refractivity contribution in [2.45, 2.75) is 13.3 Å². The van der Waals surface area contributed by atoms with E-state index in [0.29, 0.717) is 6.42 Å². The van der Waals surface area contributed by atoms with Crippen LogP contribution in [-0.4, -0.2) is 11.2 Å². The smallest absolute Gasteiger partial charge is 0.135 e. The summed E-state index contributed by atoms with van der Waals surface area (Å²) in [5, 5.41) is 2.30. The van der Waals surface area contributed by atoms with Gasteiger partial charge in [-0.1, -0.05) is 12.2 Å². The van der Waals surface area contributed by atoms with Crippen LogP contribution >= 0.6 is 12.2 Å². The highest BCUT2D eigenvalue weighted by Crippen LogP contribution is 1.72. The molecule has 6 heavy (non-hydrogen) atoms. The van der Waals surface area contributed by atoms with Crippen molar-refractivity contribution < 1.29 is 4.79 Å². The quantitative estimate of drug-likeness (QED) is 0.479. The van der Waals surface area contributed by atoms with E-state index >= 15 is 0 Å². The predicted octanol–water partition coefficient (Wildman–Crippen LogP) is 0.842. The van der Waals surface area contributed by atoms with Gasteiger partial charge in [0, 0.05) is 11.8 Å². The summed E-state index contributed by atoms with van der Waals surface area (Å²) in [6, 6.07) is 0. The molecule has 0 aliphatic rings. The summed E-state index contributed by atoms with van der Waals surface area (Å²) < 4.78 is 0. The van der Waals surface area contributed by atoms with Crippen LogP contribution in [0, 0.1) is 0 Å². The van der Waals surface area contributed by atoms with Crippen LogP contribution in [0.5, 0.6) is 0 Å². The second kappa shape index (κ2) is 2.97. The van der Waals surface area contributed by atoms with E-state index in [4.69, 9.17) is 0 Å². The molecule has 0 fully saturated rings. The zero-order chi connectivity index (χ0) is 4.99. The molecule has 0 aromatic carbocycles. The molecule has 0 aliphatic heterocycles. The summed E-state index contributed by atoms with van der Waals surface area (Å²) in [6.45, 7) is 1.49. The third kappa shape index (κ3) is 3.76. The van der Waals surface area contributed by atoms with E-state index in [1.165, 1.54) is 6.92 Å². The summed E-state index contributed by atoms with van der Waals surface area (Å²) >= 11 is 4.26. The Hall–Kier alpha value is -0.240. The van der Waals surface area contributed by atoms with E-state index in [2.05, 4.69) is 17.6 Å². The van der Waals surface area contributed by atoms with Crippen molar-refractivity contribution >= 4 is 23.4 Å². The Balaban J connectivity index is 3.05. The fourth-order valence-electron chi connectivity index (χ4n) is 0.102. The Morgan fingerprint density at radius 3 is 2.50 bits per heavy atom. The number of hydrogen-bond acceptors (Lipinski definition) is 2. The highest BCUT2D eigenvalue weighted by molar-refractivity contribution is 7.79. The van der Waals surface area contributed by atoms with Crippen LogP contribution in [0.3, 0.4) is 0 Å². The Kier molecular flexibility index (Phi) is 2.85. The summed E-state index contributed by atoms with van der Waals surface area (Å²) in [6.07, 6.45) is 0.301.